The highest BCUT2D eigenvalue weighted by atomic mass is 16.5. The Bertz CT molecular complexity index is 787. The van der Waals surface area contributed by atoms with E-state index < -0.39 is 23.8 Å². The lowest BCUT2D eigenvalue weighted by molar-refractivity contribution is -0.131. The summed E-state index contributed by atoms with van der Waals surface area (Å²) < 4.78 is 10.4. The van der Waals surface area contributed by atoms with Crippen molar-refractivity contribution in [3.05, 3.63) is 24.3 Å². The fraction of sp³-hybridized carbons (Fsp3) is 0.500. The molecule has 2 aliphatic rings. The number of nitrogens with one attached hydrogen (secondary N) is 1. The van der Waals surface area contributed by atoms with Crippen LogP contribution >= 0.6 is 0 Å². The molecule has 2 aliphatic heterocycles. The van der Waals surface area contributed by atoms with Gasteiger partial charge in [-0.3, -0.25) is 24.8 Å². The van der Waals surface area contributed by atoms with Crippen LogP contribution in [0, 0.1) is 5.92 Å². The minimum absolute atomic E-state index is 0.367. The van der Waals surface area contributed by atoms with Crippen molar-refractivity contribution in [1.29, 1.82) is 0 Å². The number of methoxy groups -OCH3 is 1. The van der Waals surface area contributed by atoms with E-state index >= 15 is 0 Å². The van der Waals surface area contributed by atoms with Gasteiger partial charge in [-0.25, -0.2) is 9.69 Å². The number of carbonyl (C=O) groups is 3. The maximum Gasteiger partial charge on any atom is 0.335 e. The molecule has 0 radical (unpaired) electrons. The SMILES string of the molecule is COc1ccc(N2C(=O)NC(=O)C(C(C)=NCCCN3CCOCC3)C2=O)cc1. The van der Waals surface area contributed by atoms with Crippen LogP contribution in [0.2, 0.25) is 0 Å². The predicted octanol–water partition coefficient (Wildman–Crippen LogP) is 1.08. The number of aliphatic imine (C=N–C) groups is 1. The average Bonchev–Trinajstić information content (AvgIpc) is 2.72. The summed E-state index contributed by atoms with van der Waals surface area (Å²) in [6.45, 7) is 6.36. The van der Waals surface area contributed by atoms with E-state index in [1.165, 1.54) is 7.11 Å². The number of carbonyl (C=O) groups excluding carboxylic acids is 3. The molecule has 156 valence electrons. The van der Waals surface area contributed by atoms with E-state index in [4.69, 9.17) is 9.47 Å². The van der Waals surface area contributed by atoms with Crippen LogP contribution in [0.1, 0.15) is 13.3 Å². The molecule has 1 aromatic rings. The standard InChI is InChI=1S/C20H26N4O5/c1-14(21-8-3-9-23-10-12-29-13-11-23)17-18(25)22-20(27)24(19(17)26)15-4-6-16(28-2)7-5-15/h4-7,17H,3,8-13H2,1-2H3,(H,22,25,27). The molecule has 1 unspecified atom stereocenters. The zero-order valence-electron chi connectivity index (χ0n) is 16.7. The van der Waals surface area contributed by atoms with Crippen molar-refractivity contribution in [2.24, 2.45) is 10.9 Å². The predicted molar refractivity (Wildman–Crippen MR) is 107 cm³/mol. The van der Waals surface area contributed by atoms with E-state index in [9.17, 15) is 14.4 Å². The molecule has 0 spiro atoms. The number of urea groups is 1. The first-order valence-corrected chi connectivity index (χ1v) is 9.65. The average molecular weight is 402 g/mol. The van der Waals surface area contributed by atoms with Crippen molar-refractivity contribution in [2.45, 2.75) is 13.3 Å². The maximum absolute atomic E-state index is 12.9. The topological polar surface area (TPSA) is 101 Å². The van der Waals surface area contributed by atoms with E-state index in [1.807, 2.05) is 0 Å². The number of amides is 4. The second-order valence-corrected chi connectivity index (χ2v) is 6.93. The highest BCUT2D eigenvalue weighted by molar-refractivity contribution is 6.35. The number of nitrogens with zero attached hydrogens (tertiary/aromatic N) is 3. The molecule has 1 N–H and O–H groups in total. The van der Waals surface area contributed by atoms with Crippen molar-refractivity contribution >= 4 is 29.2 Å². The van der Waals surface area contributed by atoms with E-state index in [-0.39, 0.29) is 0 Å². The van der Waals surface area contributed by atoms with Crippen molar-refractivity contribution < 1.29 is 23.9 Å². The van der Waals surface area contributed by atoms with Gasteiger partial charge >= 0.3 is 6.03 Å². The van der Waals surface area contributed by atoms with Crippen molar-refractivity contribution in [2.75, 3.05) is 51.4 Å². The lowest BCUT2D eigenvalue weighted by Gasteiger charge is -2.30. The molecule has 2 fully saturated rings. The summed E-state index contributed by atoms with van der Waals surface area (Å²) in [5.74, 6) is -1.75. The third-order valence-electron chi connectivity index (χ3n) is 5.01. The van der Waals surface area contributed by atoms with Crippen LogP contribution in [0.25, 0.3) is 0 Å². The molecule has 0 bridgehead atoms. The molecule has 0 aliphatic carbocycles. The highest BCUT2D eigenvalue weighted by Crippen LogP contribution is 2.24. The Hall–Kier alpha value is -2.78. The van der Waals surface area contributed by atoms with E-state index in [2.05, 4.69) is 15.2 Å². The third kappa shape index (κ3) is 4.99. The second kappa shape index (κ2) is 9.62. The normalized spacial score (nSPS) is 21.3. The number of hydrogen-bond donors (Lipinski definition) is 1. The molecular weight excluding hydrogens is 376 g/mol. The van der Waals surface area contributed by atoms with Crippen LogP contribution in [0.4, 0.5) is 10.5 Å². The molecule has 9 nitrogen and oxygen atoms in total. The largest absolute Gasteiger partial charge is 0.497 e. The summed E-state index contributed by atoms with van der Waals surface area (Å²) >= 11 is 0. The molecule has 4 amide bonds. The van der Waals surface area contributed by atoms with Crippen molar-refractivity contribution in [1.82, 2.24) is 10.2 Å². The Kier molecular flexibility index (Phi) is 6.95. The molecule has 2 saturated heterocycles. The second-order valence-electron chi connectivity index (χ2n) is 6.93. The Labute approximate surface area is 169 Å². The number of imide groups is 2. The number of morpholine rings is 1. The molecule has 0 saturated carbocycles. The highest BCUT2D eigenvalue weighted by Gasteiger charge is 2.42. The number of ether oxygens (including phenoxy) is 2. The van der Waals surface area contributed by atoms with Gasteiger partial charge in [-0.1, -0.05) is 0 Å². The van der Waals surface area contributed by atoms with Gasteiger partial charge in [0.25, 0.3) is 5.91 Å². The van der Waals surface area contributed by atoms with Crippen LogP contribution in [-0.2, 0) is 14.3 Å². The van der Waals surface area contributed by atoms with Gasteiger partial charge in [0.05, 0.1) is 26.0 Å². The van der Waals surface area contributed by atoms with Gasteiger partial charge in [0.1, 0.15) is 5.75 Å². The molecule has 1 atom stereocenters. The summed E-state index contributed by atoms with van der Waals surface area (Å²) in [6, 6.07) is 5.72. The monoisotopic (exact) mass is 402 g/mol. The first kappa shape index (κ1) is 20.9. The lowest BCUT2D eigenvalue weighted by Crippen LogP contribution is -2.60. The fourth-order valence-electron chi connectivity index (χ4n) is 3.38. The van der Waals surface area contributed by atoms with Gasteiger partial charge < -0.3 is 9.47 Å². The number of benzene rings is 1. The first-order chi connectivity index (χ1) is 14.0. The van der Waals surface area contributed by atoms with E-state index in [0.29, 0.717) is 23.7 Å². The van der Waals surface area contributed by atoms with Gasteiger partial charge in [0.15, 0.2) is 5.92 Å². The summed E-state index contributed by atoms with van der Waals surface area (Å²) in [6.07, 6.45) is 0.820. The number of anilines is 1. The Morgan fingerprint density at radius 2 is 1.90 bits per heavy atom. The molecule has 29 heavy (non-hydrogen) atoms. The minimum Gasteiger partial charge on any atom is -0.497 e. The van der Waals surface area contributed by atoms with Crippen molar-refractivity contribution in [3.8, 4) is 5.75 Å². The summed E-state index contributed by atoms with van der Waals surface area (Å²) in [5.41, 5.74) is 0.770. The third-order valence-corrected chi connectivity index (χ3v) is 5.01. The molecule has 3 rings (SSSR count). The Morgan fingerprint density at radius 3 is 2.55 bits per heavy atom. The van der Waals surface area contributed by atoms with Gasteiger partial charge in [-0.05, 0) is 37.6 Å². The van der Waals surface area contributed by atoms with Gasteiger partial charge in [-0.2, -0.15) is 0 Å². The zero-order chi connectivity index (χ0) is 20.8. The maximum atomic E-state index is 12.9. The summed E-state index contributed by atoms with van der Waals surface area (Å²) in [5, 5.41) is 2.25. The Balaban J connectivity index is 1.65. The lowest BCUT2D eigenvalue weighted by atomic mass is 9.99. The van der Waals surface area contributed by atoms with Crippen LogP contribution in [-0.4, -0.2) is 75.0 Å². The molecule has 9 heteroatoms. The molecule has 2 heterocycles. The van der Waals surface area contributed by atoms with Crippen LogP contribution in [0.3, 0.4) is 0 Å². The number of barbiturate groups is 1. The Morgan fingerprint density at radius 1 is 1.21 bits per heavy atom. The summed E-state index contributed by atoms with van der Waals surface area (Å²) in [4.78, 5) is 45.2. The smallest absolute Gasteiger partial charge is 0.335 e. The van der Waals surface area contributed by atoms with Gasteiger partial charge in [-0.15, -0.1) is 0 Å². The fourth-order valence-corrected chi connectivity index (χ4v) is 3.38. The van der Waals surface area contributed by atoms with E-state index in [1.54, 1.807) is 31.2 Å². The zero-order valence-corrected chi connectivity index (χ0v) is 16.7. The van der Waals surface area contributed by atoms with Crippen LogP contribution < -0.4 is 15.0 Å². The number of hydrogen-bond acceptors (Lipinski definition) is 7. The number of rotatable bonds is 7. The molecule has 1 aromatic carbocycles. The molecular formula is C20H26N4O5. The first-order valence-electron chi connectivity index (χ1n) is 9.65. The minimum atomic E-state index is -1.11. The van der Waals surface area contributed by atoms with Crippen LogP contribution in [0.5, 0.6) is 5.75 Å². The quantitative estimate of drug-likeness (QED) is 0.416. The van der Waals surface area contributed by atoms with Gasteiger partial charge in [0.2, 0.25) is 5.91 Å². The van der Waals surface area contributed by atoms with E-state index in [0.717, 1.165) is 44.2 Å². The van der Waals surface area contributed by atoms with Crippen molar-refractivity contribution in [3.63, 3.8) is 0 Å². The van der Waals surface area contributed by atoms with Crippen LogP contribution in [0.15, 0.2) is 29.3 Å². The van der Waals surface area contributed by atoms with Gasteiger partial charge in [0, 0.05) is 31.9 Å². The summed E-state index contributed by atoms with van der Waals surface area (Å²) in [7, 11) is 1.53. The molecule has 0 aromatic heterocycles.